The molecule has 1 N–H and O–H groups in total. The highest BCUT2D eigenvalue weighted by molar-refractivity contribution is 7.12. The average Bonchev–Trinajstić information content (AvgIpc) is 3.23. The lowest BCUT2D eigenvalue weighted by molar-refractivity contribution is -0.123. The summed E-state index contributed by atoms with van der Waals surface area (Å²) in [5.74, 6) is 0.268. The lowest BCUT2D eigenvalue weighted by Crippen LogP contribution is -2.24. The molecule has 0 saturated heterocycles. The molecule has 0 aliphatic rings. The number of benzene rings is 2. The number of hydrazone groups is 1. The SMILES string of the molecule is Cc1ccccc1OCC(=O)N/N=C\c1cccc(OC(=O)c2cccs2)c1. The molecule has 7 heteroatoms. The van der Waals surface area contributed by atoms with Gasteiger partial charge >= 0.3 is 5.97 Å². The van der Waals surface area contributed by atoms with Gasteiger partial charge in [0.2, 0.25) is 0 Å². The predicted octanol–water partition coefficient (Wildman–Crippen LogP) is 3.80. The summed E-state index contributed by atoms with van der Waals surface area (Å²) in [4.78, 5) is 24.4. The van der Waals surface area contributed by atoms with E-state index in [1.165, 1.54) is 17.6 Å². The van der Waals surface area contributed by atoms with Crippen LogP contribution >= 0.6 is 11.3 Å². The van der Waals surface area contributed by atoms with Crippen LogP contribution in [0.1, 0.15) is 20.8 Å². The highest BCUT2D eigenvalue weighted by atomic mass is 32.1. The topological polar surface area (TPSA) is 77.0 Å². The van der Waals surface area contributed by atoms with Gasteiger partial charge in [0.05, 0.1) is 6.21 Å². The van der Waals surface area contributed by atoms with E-state index in [-0.39, 0.29) is 12.5 Å². The molecule has 0 aliphatic heterocycles. The molecule has 0 atom stereocenters. The van der Waals surface area contributed by atoms with E-state index < -0.39 is 5.97 Å². The lowest BCUT2D eigenvalue weighted by atomic mass is 10.2. The van der Waals surface area contributed by atoms with Crippen LogP contribution in [-0.4, -0.2) is 24.7 Å². The smallest absolute Gasteiger partial charge is 0.353 e. The fourth-order valence-corrected chi connectivity index (χ4v) is 2.88. The van der Waals surface area contributed by atoms with Gasteiger partial charge in [-0.25, -0.2) is 10.2 Å². The molecule has 3 rings (SSSR count). The summed E-state index contributed by atoms with van der Waals surface area (Å²) in [5.41, 5.74) is 4.03. The van der Waals surface area contributed by atoms with Gasteiger partial charge in [0, 0.05) is 0 Å². The Kier molecular flexibility index (Phi) is 6.54. The van der Waals surface area contributed by atoms with Crippen LogP contribution in [0.25, 0.3) is 0 Å². The standard InChI is InChI=1S/C21H18N2O4S/c1-15-6-2-3-9-18(15)26-14-20(24)23-22-13-16-7-4-8-17(12-16)27-21(25)19-10-5-11-28-19/h2-13H,14H2,1H3,(H,23,24)/b22-13-. The first-order valence-corrected chi connectivity index (χ1v) is 9.36. The zero-order valence-electron chi connectivity index (χ0n) is 15.1. The summed E-state index contributed by atoms with van der Waals surface area (Å²) in [6.07, 6.45) is 1.47. The first-order valence-electron chi connectivity index (χ1n) is 8.48. The number of amides is 1. The fraction of sp³-hybridized carbons (Fsp3) is 0.0952. The van der Waals surface area contributed by atoms with E-state index in [9.17, 15) is 9.59 Å². The zero-order valence-corrected chi connectivity index (χ0v) is 15.9. The Morgan fingerprint density at radius 2 is 1.96 bits per heavy atom. The van der Waals surface area contributed by atoms with E-state index in [1.54, 1.807) is 42.5 Å². The van der Waals surface area contributed by atoms with Crippen molar-refractivity contribution in [2.45, 2.75) is 6.92 Å². The number of nitrogens with zero attached hydrogens (tertiary/aromatic N) is 1. The van der Waals surface area contributed by atoms with Crippen molar-refractivity contribution >= 4 is 29.4 Å². The average molecular weight is 394 g/mol. The second-order valence-corrected chi connectivity index (χ2v) is 6.73. The Hall–Kier alpha value is -3.45. The number of para-hydroxylation sites is 1. The van der Waals surface area contributed by atoms with E-state index in [2.05, 4.69) is 10.5 Å². The molecule has 0 saturated carbocycles. The van der Waals surface area contributed by atoms with Gasteiger partial charge in [-0.3, -0.25) is 4.79 Å². The predicted molar refractivity (Wildman–Crippen MR) is 108 cm³/mol. The Balaban J connectivity index is 1.50. The second-order valence-electron chi connectivity index (χ2n) is 5.79. The highest BCUT2D eigenvalue weighted by Crippen LogP contribution is 2.17. The maximum absolute atomic E-state index is 12.0. The van der Waals surface area contributed by atoms with Crippen molar-refractivity contribution in [2.24, 2.45) is 5.10 Å². The van der Waals surface area contributed by atoms with Gasteiger partial charge in [-0.15, -0.1) is 11.3 Å². The summed E-state index contributed by atoms with van der Waals surface area (Å²) in [6.45, 7) is 1.77. The number of aryl methyl sites for hydroxylation is 1. The van der Waals surface area contributed by atoms with Crippen molar-refractivity contribution in [1.29, 1.82) is 0 Å². The molecule has 1 aromatic heterocycles. The maximum Gasteiger partial charge on any atom is 0.353 e. The van der Waals surface area contributed by atoms with Crippen molar-refractivity contribution in [3.05, 3.63) is 82.0 Å². The molecule has 0 bridgehead atoms. The number of rotatable bonds is 7. The third kappa shape index (κ3) is 5.52. The zero-order chi connectivity index (χ0) is 19.8. The van der Waals surface area contributed by atoms with E-state index in [4.69, 9.17) is 9.47 Å². The minimum Gasteiger partial charge on any atom is -0.483 e. The molecule has 2 aromatic carbocycles. The molecule has 28 heavy (non-hydrogen) atoms. The number of esters is 1. The molecule has 0 fully saturated rings. The second kappa shape index (κ2) is 9.48. The van der Waals surface area contributed by atoms with Gasteiger partial charge in [0.15, 0.2) is 6.61 Å². The van der Waals surface area contributed by atoms with E-state index in [0.717, 1.165) is 5.56 Å². The molecular weight excluding hydrogens is 376 g/mol. The quantitative estimate of drug-likeness (QED) is 0.286. The first kappa shape index (κ1) is 19.3. The van der Waals surface area contributed by atoms with Crippen LogP contribution in [0.4, 0.5) is 0 Å². The Labute approximate surface area is 166 Å². The van der Waals surface area contributed by atoms with Gasteiger partial charge in [0.25, 0.3) is 5.91 Å². The van der Waals surface area contributed by atoms with Gasteiger partial charge in [-0.05, 0) is 47.7 Å². The van der Waals surface area contributed by atoms with Crippen molar-refractivity contribution in [2.75, 3.05) is 6.61 Å². The summed E-state index contributed by atoms with van der Waals surface area (Å²) < 4.78 is 10.8. The monoisotopic (exact) mass is 394 g/mol. The lowest BCUT2D eigenvalue weighted by Gasteiger charge is -2.07. The normalized spacial score (nSPS) is 10.6. The van der Waals surface area contributed by atoms with Crippen LogP contribution in [-0.2, 0) is 4.79 Å². The molecule has 0 aliphatic carbocycles. The summed E-state index contributed by atoms with van der Waals surface area (Å²) >= 11 is 1.32. The van der Waals surface area contributed by atoms with E-state index in [0.29, 0.717) is 21.9 Å². The molecule has 0 unspecified atom stereocenters. The molecule has 6 nitrogen and oxygen atoms in total. The highest BCUT2D eigenvalue weighted by Gasteiger charge is 2.09. The fourth-order valence-electron chi connectivity index (χ4n) is 2.28. The van der Waals surface area contributed by atoms with Gasteiger partial charge in [-0.1, -0.05) is 36.4 Å². The molecule has 1 amide bonds. The largest absolute Gasteiger partial charge is 0.483 e. The summed E-state index contributed by atoms with van der Waals surface area (Å²) in [7, 11) is 0. The number of thiophene rings is 1. The summed E-state index contributed by atoms with van der Waals surface area (Å²) in [6, 6.07) is 17.8. The van der Waals surface area contributed by atoms with Crippen LogP contribution in [0.2, 0.25) is 0 Å². The minimum absolute atomic E-state index is 0.138. The third-order valence-electron chi connectivity index (χ3n) is 3.65. The minimum atomic E-state index is -0.411. The van der Waals surface area contributed by atoms with Crippen LogP contribution in [0.3, 0.4) is 0 Å². The first-order chi connectivity index (χ1) is 13.6. The number of hydrogen-bond donors (Lipinski definition) is 1. The molecule has 0 spiro atoms. The Bertz CT molecular complexity index is 984. The number of nitrogens with one attached hydrogen (secondary N) is 1. The number of carbonyl (C=O) groups is 2. The van der Waals surface area contributed by atoms with Crippen LogP contribution in [0, 0.1) is 6.92 Å². The van der Waals surface area contributed by atoms with Gasteiger partial charge in [-0.2, -0.15) is 5.10 Å². The number of carbonyl (C=O) groups excluding carboxylic acids is 2. The Morgan fingerprint density at radius 1 is 1.11 bits per heavy atom. The van der Waals surface area contributed by atoms with E-state index in [1.807, 2.05) is 30.5 Å². The molecular formula is C21H18N2O4S. The van der Waals surface area contributed by atoms with E-state index >= 15 is 0 Å². The van der Waals surface area contributed by atoms with Crippen LogP contribution < -0.4 is 14.9 Å². The molecule has 1 heterocycles. The molecule has 142 valence electrons. The number of hydrogen-bond acceptors (Lipinski definition) is 6. The van der Waals surface area contributed by atoms with Crippen LogP contribution in [0.15, 0.2) is 71.1 Å². The number of ether oxygens (including phenoxy) is 2. The van der Waals surface area contributed by atoms with Crippen molar-refractivity contribution in [1.82, 2.24) is 5.43 Å². The summed E-state index contributed by atoms with van der Waals surface area (Å²) in [5, 5.41) is 5.71. The van der Waals surface area contributed by atoms with Crippen LogP contribution in [0.5, 0.6) is 11.5 Å². The van der Waals surface area contributed by atoms with Crippen molar-refractivity contribution < 1.29 is 19.1 Å². The third-order valence-corrected chi connectivity index (χ3v) is 4.50. The van der Waals surface area contributed by atoms with Gasteiger partial charge < -0.3 is 9.47 Å². The van der Waals surface area contributed by atoms with Crippen molar-refractivity contribution in [3.63, 3.8) is 0 Å². The molecule has 0 radical (unpaired) electrons. The molecule has 3 aromatic rings. The maximum atomic E-state index is 12.0. The Morgan fingerprint density at radius 3 is 2.75 bits per heavy atom. The van der Waals surface area contributed by atoms with Crippen molar-refractivity contribution in [3.8, 4) is 11.5 Å². The van der Waals surface area contributed by atoms with Gasteiger partial charge in [0.1, 0.15) is 16.4 Å².